The minimum absolute atomic E-state index is 0.0161. The lowest BCUT2D eigenvalue weighted by molar-refractivity contribution is -0.128. The molecule has 1 unspecified atom stereocenters. The van der Waals surface area contributed by atoms with Gasteiger partial charge < -0.3 is 24.4 Å². The number of nitrogens with zero attached hydrogens (tertiary/aromatic N) is 1. The van der Waals surface area contributed by atoms with Crippen LogP contribution in [0.25, 0.3) is 0 Å². The highest BCUT2D eigenvalue weighted by molar-refractivity contribution is 5.98. The van der Waals surface area contributed by atoms with Crippen molar-refractivity contribution in [2.75, 3.05) is 39.7 Å². The summed E-state index contributed by atoms with van der Waals surface area (Å²) in [5.41, 5.74) is 1.56. The average Bonchev–Trinajstić information content (AvgIpc) is 3.13. The molecule has 1 aliphatic heterocycles. The SMILES string of the molecule is COc1ccc(OC)c(NC(=O)C2CC(=O)N(CCc3ccccc3OC)C2)c1. The number of ether oxygens (including phenoxy) is 3. The van der Waals surface area contributed by atoms with Gasteiger partial charge in [-0.15, -0.1) is 0 Å². The molecule has 0 aromatic heterocycles. The van der Waals surface area contributed by atoms with Crippen LogP contribution in [0.4, 0.5) is 5.69 Å². The van der Waals surface area contributed by atoms with E-state index >= 15 is 0 Å². The maximum Gasteiger partial charge on any atom is 0.229 e. The van der Waals surface area contributed by atoms with E-state index in [1.54, 1.807) is 37.3 Å². The second kappa shape index (κ2) is 9.32. The van der Waals surface area contributed by atoms with E-state index in [-0.39, 0.29) is 18.2 Å². The summed E-state index contributed by atoms with van der Waals surface area (Å²) in [6, 6.07) is 12.9. The highest BCUT2D eigenvalue weighted by atomic mass is 16.5. The first-order chi connectivity index (χ1) is 14.0. The number of amides is 2. The Morgan fingerprint density at radius 2 is 1.83 bits per heavy atom. The zero-order valence-electron chi connectivity index (χ0n) is 16.9. The van der Waals surface area contributed by atoms with Crippen LogP contribution in [0.1, 0.15) is 12.0 Å². The molecule has 1 heterocycles. The molecule has 0 saturated carbocycles. The minimum atomic E-state index is -0.406. The summed E-state index contributed by atoms with van der Waals surface area (Å²) >= 11 is 0. The summed E-state index contributed by atoms with van der Waals surface area (Å²) < 4.78 is 15.9. The van der Waals surface area contributed by atoms with E-state index in [0.717, 1.165) is 11.3 Å². The minimum Gasteiger partial charge on any atom is -0.497 e. The fourth-order valence-corrected chi connectivity index (χ4v) is 3.48. The fourth-order valence-electron chi connectivity index (χ4n) is 3.48. The number of nitrogens with one attached hydrogen (secondary N) is 1. The van der Waals surface area contributed by atoms with Crippen LogP contribution < -0.4 is 19.5 Å². The van der Waals surface area contributed by atoms with Gasteiger partial charge in [0, 0.05) is 25.6 Å². The van der Waals surface area contributed by atoms with E-state index in [4.69, 9.17) is 14.2 Å². The maximum absolute atomic E-state index is 12.7. The molecular formula is C22H26N2O5. The van der Waals surface area contributed by atoms with Crippen molar-refractivity contribution in [3.05, 3.63) is 48.0 Å². The van der Waals surface area contributed by atoms with Gasteiger partial charge in [-0.1, -0.05) is 18.2 Å². The Labute approximate surface area is 170 Å². The first kappa shape index (κ1) is 20.5. The maximum atomic E-state index is 12.7. The van der Waals surface area contributed by atoms with Crippen molar-refractivity contribution in [2.24, 2.45) is 5.92 Å². The first-order valence-electron chi connectivity index (χ1n) is 9.48. The number of likely N-dealkylation sites (tertiary alicyclic amines) is 1. The largest absolute Gasteiger partial charge is 0.497 e. The second-order valence-corrected chi connectivity index (χ2v) is 6.86. The number of rotatable bonds is 8. The van der Waals surface area contributed by atoms with Gasteiger partial charge in [0.15, 0.2) is 0 Å². The fraction of sp³-hybridized carbons (Fsp3) is 0.364. The third-order valence-corrected chi connectivity index (χ3v) is 5.09. The molecule has 2 aromatic carbocycles. The molecule has 1 fully saturated rings. The van der Waals surface area contributed by atoms with Crippen LogP contribution in [0.2, 0.25) is 0 Å². The molecule has 7 nitrogen and oxygen atoms in total. The molecule has 154 valence electrons. The van der Waals surface area contributed by atoms with Crippen LogP contribution >= 0.6 is 0 Å². The van der Waals surface area contributed by atoms with E-state index in [0.29, 0.717) is 36.7 Å². The summed E-state index contributed by atoms with van der Waals surface area (Å²) in [6.07, 6.45) is 0.873. The number of hydrogen-bond donors (Lipinski definition) is 1. The Hall–Kier alpha value is -3.22. The van der Waals surface area contributed by atoms with Gasteiger partial charge in [-0.3, -0.25) is 9.59 Å². The van der Waals surface area contributed by atoms with Gasteiger partial charge in [0.1, 0.15) is 17.2 Å². The van der Waals surface area contributed by atoms with Crippen LogP contribution in [0, 0.1) is 5.92 Å². The molecule has 7 heteroatoms. The summed E-state index contributed by atoms with van der Waals surface area (Å²) in [7, 11) is 4.73. The van der Waals surface area contributed by atoms with E-state index in [9.17, 15) is 9.59 Å². The molecule has 1 atom stereocenters. The normalized spacial score (nSPS) is 15.9. The topological polar surface area (TPSA) is 77.1 Å². The lowest BCUT2D eigenvalue weighted by atomic mass is 10.1. The third-order valence-electron chi connectivity index (χ3n) is 5.09. The average molecular weight is 398 g/mol. The first-order valence-corrected chi connectivity index (χ1v) is 9.48. The summed E-state index contributed by atoms with van der Waals surface area (Å²) in [5, 5.41) is 2.87. The van der Waals surface area contributed by atoms with E-state index in [1.165, 1.54) is 7.11 Å². The van der Waals surface area contributed by atoms with Gasteiger partial charge in [0.25, 0.3) is 0 Å². The smallest absolute Gasteiger partial charge is 0.229 e. The Morgan fingerprint density at radius 3 is 2.55 bits per heavy atom. The molecule has 0 bridgehead atoms. The van der Waals surface area contributed by atoms with Crippen LogP contribution in [0.5, 0.6) is 17.2 Å². The summed E-state index contributed by atoms with van der Waals surface area (Å²) in [4.78, 5) is 26.9. The van der Waals surface area contributed by atoms with Crippen molar-refractivity contribution in [3.8, 4) is 17.2 Å². The molecule has 29 heavy (non-hydrogen) atoms. The lowest BCUT2D eigenvalue weighted by Crippen LogP contribution is -2.30. The lowest BCUT2D eigenvalue weighted by Gasteiger charge is -2.18. The number of benzene rings is 2. The van der Waals surface area contributed by atoms with Gasteiger partial charge in [0.05, 0.1) is 32.9 Å². The molecule has 1 aliphatic rings. The number of para-hydroxylation sites is 1. The summed E-state index contributed by atoms with van der Waals surface area (Å²) in [5.74, 6) is 1.33. The van der Waals surface area contributed by atoms with Crippen LogP contribution in [0.3, 0.4) is 0 Å². The number of anilines is 1. The van der Waals surface area contributed by atoms with Crippen molar-refractivity contribution in [2.45, 2.75) is 12.8 Å². The quantitative estimate of drug-likeness (QED) is 0.740. The third kappa shape index (κ3) is 4.80. The van der Waals surface area contributed by atoms with E-state index in [2.05, 4.69) is 5.32 Å². The summed E-state index contributed by atoms with van der Waals surface area (Å²) in [6.45, 7) is 0.942. The predicted molar refractivity (Wildman–Crippen MR) is 110 cm³/mol. The second-order valence-electron chi connectivity index (χ2n) is 6.86. The Kier molecular flexibility index (Phi) is 6.59. The van der Waals surface area contributed by atoms with E-state index < -0.39 is 5.92 Å². The standard InChI is InChI=1S/C22H26N2O5/c1-27-17-8-9-20(29-3)18(13-17)23-22(26)16-12-21(25)24(14-16)11-10-15-6-4-5-7-19(15)28-2/h4-9,13,16H,10-12,14H2,1-3H3,(H,23,26). The van der Waals surface area contributed by atoms with Gasteiger partial charge >= 0.3 is 0 Å². The van der Waals surface area contributed by atoms with Crippen LogP contribution in [-0.4, -0.2) is 51.1 Å². The zero-order chi connectivity index (χ0) is 20.8. The molecule has 0 aliphatic carbocycles. The van der Waals surface area contributed by atoms with E-state index in [1.807, 2.05) is 24.3 Å². The zero-order valence-corrected chi connectivity index (χ0v) is 16.9. The van der Waals surface area contributed by atoms with Crippen molar-refractivity contribution in [1.29, 1.82) is 0 Å². The highest BCUT2D eigenvalue weighted by Crippen LogP contribution is 2.30. The van der Waals surface area contributed by atoms with Crippen molar-refractivity contribution in [3.63, 3.8) is 0 Å². The van der Waals surface area contributed by atoms with Crippen molar-refractivity contribution in [1.82, 2.24) is 4.90 Å². The number of carbonyl (C=O) groups excluding carboxylic acids is 2. The molecule has 0 spiro atoms. The number of hydrogen-bond acceptors (Lipinski definition) is 5. The van der Waals surface area contributed by atoms with Crippen LogP contribution in [0.15, 0.2) is 42.5 Å². The number of methoxy groups -OCH3 is 3. The predicted octanol–water partition coefficient (Wildman–Crippen LogP) is 2.74. The molecule has 3 rings (SSSR count). The Bertz CT molecular complexity index is 883. The van der Waals surface area contributed by atoms with Crippen LogP contribution in [-0.2, 0) is 16.0 Å². The Balaban J connectivity index is 1.62. The Morgan fingerprint density at radius 1 is 1.07 bits per heavy atom. The molecular weight excluding hydrogens is 372 g/mol. The van der Waals surface area contributed by atoms with Crippen molar-refractivity contribution < 1.29 is 23.8 Å². The van der Waals surface area contributed by atoms with Gasteiger partial charge in [-0.25, -0.2) is 0 Å². The van der Waals surface area contributed by atoms with Crippen molar-refractivity contribution >= 4 is 17.5 Å². The van der Waals surface area contributed by atoms with Gasteiger partial charge in [-0.2, -0.15) is 0 Å². The molecule has 0 radical (unpaired) electrons. The highest BCUT2D eigenvalue weighted by Gasteiger charge is 2.34. The molecule has 2 aromatic rings. The number of carbonyl (C=O) groups is 2. The monoisotopic (exact) mass is 398 g/mol. The van der Waals surface area contributed by atoms with Gasteiger partial charge in [-0.05, 0) is 30.2 Å². The molecule has 1 saturated heterocycles. The molecule has 1 N–H and O–H groups in total. The van der Waals surface area contributed by atoms with Gasteiger partial charge in [0.2, 0.25) is 11.8 Å². The molecule has 2 amide bonds.